The summed E-state index contributed by atoms with van der Waals surface area (Å²) in [5, 5.41) is 0. The van der Waals surface area contributed by atoms with Crippen LogP contribution in [0.3, 0.4) is 0 Å². The van der Waals surface area contributed by atoms with Gasteiger partial charge >= 0.3 is 17.9 Å². The van der Waals surface area contributed by atoms with Crippen LogP contribution in [0.2, 0.25) is 0 Å². The van der Waals surface area contributed by atoms with Crippen LogP contribution in [0.5, 0.6) is 0 Å². The predicted octanol–water partition coefficient (Wildman–Crippen LogP) is 15.0. The highest BCUT2D eigenvalue weighted by atomic mass is 16.6. The van der Waals surface area contributed by atoms with Gasteiger partial charge in [0.2, 0.25) is 0 Å². The molecule has 6 nitrogen and oxygen atoms in total. The molecule has 0 bridgehead atoms. The van der Waals surface area contributed by atoms with E-state index < -0.39 is 6.10 Å². The first kappa shape index (κ1) is 54.8. The number of allylic oxidation sites excluding steroid dienone is 20. The molecule has 0 aromatic carbocycles. The lowest BCUT2D eigenvalue weighted by Crippen LogP contribution is -2.30. The van der Waals surface area contributed by atoms with E-state index in [4.69, 9.17) is 14.2 Å². The number of rotatable bonds is 39. The number of hydrogen-bond acceptors (Lipinski definition) is 6. The normalized spacial score (nSPS) is 13.2. The molecule has 0 amide bonds. The molecule has 6 heteroatoms. The number of carbonyl (C=O) groups excluding carboxylic acids is 3. The average molecular weight is 815 g/mol. The molecule has 0 aromatic rings. The van der Waals surface area contributed by atoms with Crippen LogP contribution in [0.1, 0.15) is 175 Å². The summed E-state index contributed by atoms with van der Waals surface area (Å²) in [5.74, 6) is -1.02. The van der Waals surface area contributed by atoms with Crippen molar-refractivity contribution in [1.82, 2.24) is 0 Å². The van der Waals surface area contributed by atoms with Crippen molar-refractivity contribution >= 4 is 17.9 Å². The van der Waals surface area contributed by atoms with Gasteiger partial charge in [-0.15, -0.1) is 0 Å². The highest BCUT2D eigenvalue weighted by Crippen LogP contribution is 2.12. The van der Waals surface area contributed by atoms with Gasteiger partial charge in [0.1, 0.15) is 13.2 Å². The summed E-state index contributed by atoms with van der Waals surface area (Å²) in [5.41, 5.74) is 0. The third-order valence-electron chi connectivity index (χ3n) is 9.15. The molecule has 0 heterocycles. The molecule has 0 spiro atoms. The lowest BCUT2D eigenvalue weighted by atomic mass is 10.1. The fourth-order valence-electron chi connectivity index (χ4n) is 5.69. The summed E-state index contributed by atoms with van der Waals surface area (Å²) in [6.45, 7) is 6.21. The van der Waals surface area contributed by atoms with Gasteiger partial charge in [-0.25, -0.2) is 0 Å². The zero-order valence-corrected chi connectivity index (χ0v) is 37.5. The predicted molar refractivity (Wildman–Crippen MR) is 251 cm³/mol. The van der Waals surface area contributed by atoms with E-state index in [9.17, 15) is 14.4 Å². The van der Waals surface area contributed by atoms with E-state index in [1.54, 1.807) is 0 Å². The molecule has 330 valence electrons. The van der Waals surface area contributed by atoms with Gasteiger partial charge in [-0.2, -0.15) is 0 Å². The van der Waals surface area contributed by atoms with Gasteiger partial charge in [-0.3, -0.25) is 14.4 Å². The van der Waals surface area contributed by atoms with Gasteiger partial charge in [0.25, 0.3) is 0 Å². The lowest BCUT2D eigenvalue weighted by molar-refractivity contribution is -0.167. The van der Waals surface area contributed by atoms with E-state index in [2.05, 4.69) is 69.4 Å². The monoisotopic (exact) mass is 815 g/mol. The van der Waals surface area contributed by atoms with E-state index in [1.165, 1.54) is 38.5 Å². The fraction of sp³-hybridized carbons (Fsp3) is 0.566. The molecule has 0 aliphatic carbocycles. The SMILES string of the molecule is CC\C=C/C=C\C=C/C=C\CCCCCC(=O)OCC(COC(=O)CCCCCCCC/C=C\C=C/CCCCC)OC(=O)CCCCC\C=C/C=C\C=C/C=C\CC. The summed E-state index contributed by atoms with van der Waals surface area (Å²) in [7, 11) is 0. The summed E-state index contributed by atoms with van der Waals surface area (Å²) in [6, 6.07) is 0. The van der Waals surface area contributed by atoms with Crippen molar-refractivity contribution in [3.05, 3.63) is 122 Å². The largest absolute Gasteiger partial charge is 0.462 e. The first-order chi connectivity index (χ1) is 29.0. The van der Waals surface area contributed by atoms with Crippen molar-refractivity contribution in [3.8, 4) is 0 Å². The summed E-state index contributed by atoms with van der Waals surface area (Å²) in [4.78, 5) is 37.8. The van der Waals surface area contributed by atoms with Crippen LogP contribution in [-0.2, 0) is 28.6 Å². The molecule has 0 aromatic heterocycles. The maximum atomic E-state index is 12.7. The fourth-order valence-corrected chi connectivity index (χ4v) is 5.69. The molecule has 0 saturated heterocycles. The second-order valence-corrected chi connectivity index (χ2v) is 14.8. The summed E-state index contributed by atoms with van der Waals surface area (Å²) < 4.78 is 16.6. The molecule has 0 rings (SSSR count). The van der Waals surface area contributed by atoms with E-state index in [1.807, 2.05) is 72.9 Å². The third-order valence-corrected chi connectivity index (χ3v) is 9.15. The van der Waals surface area contributed by atoms with Gasteiger partial charge in [0.05, 0.1) is 0 Å². The van der Waals surface area contributed by atoms with Gasteiger partial charge in [0, 0.05) is 19.3 Å². The zero-order valence-electron chi connectivity index (χ0n) is 37.5. The first-order valence-electron chi connectivity index (χ1n) is 23.2. The molecule has 0 fully saturated rings. The van der Waals surface area contributed by atoms with Crippen molar-refractivity contribution in [1.29, 1.82) is 0 Å². The van der Waals surface area contributed by atoms with Crippen LogP contribution >= 0.6 is 0 Å². The van der Waals surface area contributed by atoms with Crippen LogP contribution in [0.4, 0.5) is 0 Å². The van der Waals surface area contributed by atoms with Crippen LogP contribution in [0.25, 0.3) is 0 Å². The van der Waals surface area contributed by atoms with Crippen molar-refractivity contribution < 1.29 is 28.6 Å². The standard InChI is InChI=1S/C53H82O6/c1-4-7-10-13-16-19-22-25-26-29-31-34-37-40-43-46-52(55)58-49-50(59-53(56)47-44-41-38-35-32-28-24-21-18-15-12-9-6-3)48-57-51(54)45-42-39-36-33-30-27-23-20-17-14-11-8-5-2/h8-9,11-12,14-25,27-28,30,32,50H,4-7,10,13,26,29,31,33-49H2,1-3H3/b11-8-,12-9-,17-14-,18-15-,19-16-,23-20-,24-21-,25-22-,30-27-,32-28-. The second kappa shape index (κ2) is 46.5. The zero-order chi connectivity index (χ0) is 43.0. The maximum Gasteiger partial charge on any atom is 0.306 e. The molecule has 59 heavy (non-hydrogen) atoms. The Bertz CT molecular complexity index is 1300. The number of ether oxygens (including phenoxy) is 3. The Hall–Kier alpha value is -4.19. The second-order valence-electron chi connectivity index (χ2n) is 14.8. The molecular weight excluding hydrogens is 733 g/mol. The van der Waals surface area contributed by atoms with Crippen molar-refractivity contribution in [2.45, 2.75) is 181 Å². The number of esters is 3. The van der Waals surface area contributed by atoms with Crippen LogP contribution in [0.15, 0.2) is 122 Å². The minimum atomic E-state index is -0.821. The maximum absolute atomic E-state index is 12.7. The number of hydrogen-bond donors (Lipinski definition) is 0. The van der Waals surface area contributed by atoms with Crippen molar-refractivity contribution in [2.75, 3.05) is 13.2 Å². The van der Waals surface area contributed by atoms with Gasteiger partial charge in [-0.1, -0.05) is 194 Å². The first-order valence-corrected chi connectivity index (χ1v) is 23.2. The van der Waals surface area contributed by atoms with Crippen LogP contribution in [0, 0.1) is 0 Å². The van der Waals surface area contributed by atoms with Crippen LogP contribution in [-0.4, -0.2) is 37.2 Å². The summed E-state index contributed by atoms with van der Waals surface area (Å²) >= 11 is 0. The third kappa shape index (κ3) is 44.8. The highest BCUT2D eigenvalue weighted by molar-refractivity contribution is 5.71. The molecule has 0 radical (unpaired) electrons. The molecule has 0 saturated carbocycles. The van der Waals surface area contributed by atoms with Crippen LogP contribution < -0.4 is 0 Å². The van der Waals surface area contributed by atoms with E-state index in [-0.39, 0.29) is 37.5 Å². The molecule has 1 unspecified atom stereocenters. The van der Waals surface area contributed by atoms with Crippen molar-refractivity contribution in [3.63, 3.8) is 0 Å². The molecule has 0 aliphatic rings. The van der Waals surface area contributed by atoms with Gasteiger partial charge < -0.3 is 14.2 Å². The minimum absolute atomic E-state index is 0.117. The topological polar surface area (TPSA) is 78.9 Å². The number of carbonyl (C=O) groups is 3. The minimum Gasteiger partial charge on any atom is -0.462 e. The Kier molecular flexibility index (Phi) is 43.2. The highest BCUT2D eigenvalue weighted by Gasteiger charge is 2.19. The van der Waals surface area contributed by atoms with E-state index in [0.29, 0.717) is 19.3 Å². The molecule has 1 atom stereocenters. The van der Waals surface area contributed by atoms with Gasteiger partial charge in [-0.05, 0) is 83.5 Å². The van der Waals surface area contributed by atoms with E-state index >= 15 is 0 Å². The molecule has 0 aliphatic heterocycles. The van der Waals surface area contributed by atoms with Gasteiger partial charge in [0.15, 0.2) is 6.10 Å². The van der Waals surface area contributed by atoms with E-state index in [0.717, 1.165) is 89.9 Å². The quantitative estimate of drug-likeness (QED) is 0.0266. The van der Waals surface area contributed by atoms with Crippen molar-refractivity contribution in [2.24, 2.45) is 0 Å². The Labute approximate surface area is 361 Å². The Balaban J connectivity index is 4.56. The Morgan fingerprint density at radius 3 is 1.07 bits per heavy atom. The Morgan fingerprint density at radius 1 is 0.356 bits per heavy atom. The molecule has 0 N–H and O–H groups in total. The number of unbranched alkanes of at least 4 members (excludes halogenated alkanes) is 15. The summed E-state index contributed by atoms with van der Waals surface area (Å²) in [6.07, 6.45) is 63.2. The Morgan fingerprint density at radius 2 is 0.661 bits per heavy atom. The average Bonchev–Trinajstić information content (AvgIpc) is 3.23. The molecular formula is C53H82O6. The smallest absolute Gasteiger partial charge is 0.306 e. The lowest BCUT2D eigenvalue weighted by Gasteiger charge is -2.18.